The van der Waals surface area contributed by atoms with Crippen molar-refractivity contribution in [2.45, 2.75) is 13.3 Å². The summed E-state index contributed by atoms with van der Waals surface area (Å²) in [6.45, 7) is 1.91. The number of methoxy groups -OCH3 is 1. The summed E-state index contributed by atoms with van der Waals surface area (Å²) < 4.78 is 5.98. The van der Waals surface area contributed by atoms with Gasteiger partial charge in [0.15, 0.2) is 0 Å². The van der Waals surface area contributed by atoms with Crippen molar-refractivity contribution in [2.75, 3.05) is 7.11 Å². The van der Waals surface area contributed by atoms with Crippen LogP contribution in [0.15, 0.2) is 33.2 Å². The molecule has 5 nitrogen and oxygen atoms in total. The van der Waals surface area contributed by atoms with Gasteiger partial charge < -0.3 is 4.74 Å². The smallest absolute Gasteiger partial charge is 0.246 e. The molecule has 0 atom stereocenters. The molecule has 7 heteroatoms. The predicted octanol–water partition coefficient (Wildman–Crippen LogP) is 2.92. The number of carbonyl (C=O) groups is 1. The minimum Gasteiger partial charge on any atom is -0.496 e. The van der Waals surface area contributed by atoms with E-state index in [-0.39, 0.29) is 12.3 Å². The van der Waals surface area contributed by atoms with Crippen molar-refractivity contribution >= 4 is 39.4 Å². The molecule has 0 spiro atoms. The van der Waals surface area contributed by atoms with Crippen molar-refractivity contribution in [1.82, 2.24) is 10.4 Å². The monoisotopic (exact) mass is 367 g/mol. The topological polar surface area (TPSA) is 63.6 Å². The minimum atomic E-state index is -0.191. The van der Waals surface area contributed by atoms with E-state index in [1.165, 1.54) is 11.3 Å². The highest BCUT2D eigenvalue weighted by Crippen LogP contribution is 2.24. The van der Waals surface area contributed by atoms with Gasteiger partial charge in [-0.25, -0.2) is 10.4 Å². The van der Waals surface area contributed by atoms with E-state index in [2.05, 4.69) is 31.4 Å². The molecule has 0 saturated heterocycles. The van der Waals surface area contributed by atoms with Gasteiger partial charge in [0, 0.05) is 5.38 Å². The van der Waals surface area contributed by atoms with Gasteiger partial charge in [-0.15, -0.1) is 11.3 Å². The van der Waals surface area contributed by atoms with E-state index in [0.29, 0.717) is 0 Å². The van der Waals surface area contributed by atoms with Gasteiger partial charge in [-0.05, 0) is 46.6 Å². The first kappa shape index (κ1) is 15.7. The van der Waals surface area contributed by atoms with Crippen LogP contribution in [-0.4, -0.2) is 24.2 Å². The van der Waals surface area contributed by atoms with Gasteiger partial charge in [0.05, 0.1) is 34.9 Å². The highest BCUT2D eigenvalue weighted by atomic mass is 79.9. The number of hydrazone groups is 1. The zero-order valence-corrected chi connectivity index (χ0v) is 14.0. The summed E-state index contributed by atoms with van der Waals surface area (Å²) in [5.74, 6) is 0.555. The maximum atomic E-state index is 11.7. The third-order valence-electron chi connectivity index (χ3n) is 2.59. The van der Waals surface area contributed by atoms with E-state index in [4.69, 9.17) is 4.74 Å². The third-order valence-corrected chi connectivity index (χ3v) is 4.03. The van der Waals surface area contributed by atoms with Crippen molar-refractivity contribution in [3.05, 3.63) is 44.3 Å². The Morgan fingerprint density at radius 1 is 1.57 bits per heavy atom. The van der Waals surface area contributed by atoms with Crippen LogP contribution in [0.25, 0.3) is 0 Å². The Bertz CT molecular complexity index is 670. The van der Waals surface area contributed by atoms with Crippen LogP contribution in [-0.2, 0) is 11.2 Å². The lowest BCUT2D eigenvalue weighted by molar-refractivity contribution is -0.120. The number of rotatable bonds is 5. The van der Waals surface area contributed by atoms with Crippen LogP contribution >= 0.6 is 27.3 Å². The second-order valence-corrected chi connectivity index (χ2v) is 6.14. The Labute approximate surface area is 135 Å². The highest BCUT2D eigenvalue weighted by molar-refractivity contribution is 9.10. The summed E-state index contributed by atoms with van der Waals surface area (Å²) >= 11 is 4.92. The van der Waals surface area contributed by atoms with Crippen LogP contribution < -0.4 is 10.2 Å². The lowest BCUT2D eigenvalue weighted by atomic mass is 10.2. The molecule has 0 fully saturated rings. The van der Waals surface area contributed by atoms with Crippen molar-refractivity contribution < 1.29 is 9.53 Å². The number of amides is 1. The summed E-state index contributed by atoms with van der Waals surface area (Å²) in [5.41, 5.74) is 4.10. The zero-order valence-electron chi connectivity index (χ0n) is 11.6. The molecule has 0 aliphatic carbocycles. The van der Waals surface area contributed by atoms with E-state index in [1.54, 1.807) is 13.3 Å². The van der Waals surface area contributed by atoms with Crippen LogP contribution in [0.4, 0.5) is 0 Å². The van der Waals surface area contributed by atoms with Crippen LogP contribution in [0.2, 0.25) is 0 Å². The average Bonchev–Trinajstić information content (AvgIpc) is 2.84. The molecule has 1 heterocycles. The molecule has 0 aliphatic heterocycles. The number of thiazole rings is 1. The lowest BCUT2D eigenvalue weighted by Gasteiger charge is -2.03. The maximum Gasteiger partial charge on any atom is 0.246 e. The molecule has 1 amide bonds. The second kappa shape index (κ2) is 7.33. The van der Waals surface area contributed by atoms with Crippen molar-refractivity contribution in [2.24, 2.45) is 5.10 Å². The summed E-state index contributed by atoms with van der Waals surface area (Å²) in [7, 11) is 1.61. The molecule has 2 aromatic rings. The Balaban J connectivity index is 1.89. The van der Waals surface area contributed by atoms with Crippen LogP contribution in [0.3, 0.4) is 0 Å². The zero-order chi connectivity index (χ0) is 15.2. The molecule has 2 rings (SSSR count). The van der Waals surface area contributed by atoms with Gasteiger partial charge >= 0.3 is 0 Å². The van der Waals surface area contributed by atoms with Crippen LogP contribution in [0.1, 0.15) is 16.3 Å². The number of hydrogen-bond donors (Lipinski definition) is 1. The molecule has 1 aromatic carbocycles. The van der Waals surface area contributed by atoms with Gasteiger partial charge in [0.1, 0.15) is 5.75 Å². The Morgan fingerprint density at radius 2 is 2.38 bits per heavy atom. The molecular weight excluding hydrogens is 354 g/mol. The Morgan fingerprint density at radius 3 is 3.00 bits per heavy atom. The summed E-state index contributed by atoms with van der Waals surface area (Å²) in [6, 6.07) is 5.53. The number of carbonyl (C=O) groups excluding carboxylic acids is 1. The summed E-state index contributed by atoms with van der Waals surface area (Å²) in [6.07, 6.45) is 1.81. The SMILES string of the molecule is COc1ccc(/C=N\NC(=O)Cc2csc(C)n2)cc1Br. The number of ether oxygens (including phenoxy) is 1. The first-order valence-corrected chi connectivity index (χ1v) is 7.82. The molecule has 1 aromatic heterocycles. The Kier molecular flexibility index (Phi) is 5.46. The van der Waals surface area contributed by atoms with E-state index in [0.717, 1.165) is 26.5 Å². The number of halogens is 1. The van der Waals surface area contributed by atoms with E-state index < -0.39 is 0 Å². The highest BCUT2D eigenvalue weighted by Gasteiger charge is 2.05. The number of nitrogens with one attached hydrogen (secondary N) is 1. The maximum absolute atomic E-state index is 11.7. The molecule has 0 aliphatic rings. The predicted molar refractivity (Wildman–Crippen MR) is 87.0 cm³/mol. The molecule has 0 radical (unpaired) electrons. The van der Waals surface area contributed by atoms with Gasteiger partial charge in [-0.3, -0.25) is 4.79 Å². The number of nitrogens with zero attached hydrogens (tertiary/aromatic N) is 2. The summed E-state index contributed by atoms with van der Waals surface area (Å²) in [5, 5.41) is 6.75. The Hall–Kier alpha value is -1.73. The third kappa shape index (κ3) is 4.64. The number of aromatic nitrogens is 1. The minimum absolute atomic E-state index is 0.191. The van der Waals surface area contributed by atoms with Crippen molar-refractivity contribution in [1.29, 1.82) is 0 Å². The van der Waals surface area contributed by atoms with Gasteiger partial charge in [0.2, 0.25) is 5.91 Å². The number of benzene rings is 1. The lowest BCUT2D eigenvalue weighted by Crippen LogP contribution is -2.19. The van der Waals surface area contributed by atoms with Gasteiger partial charge in [0.25, 0.3) is 0 Å². The molecule has 110 valence electrons. The van der Waals surface area contributed by atoms with E-state index >= 15 is 0 Å². The van der Waals surface area contributed by atoms with Gasteiger partial charge in [-0.2, -0.15) is 5.10 Å². The molecule has 0 saturated carbocycles. The van der Waals surface area contributed by atoms with Crippen LogP contribution in [0.5, 0.6) is 5.75 Å². The molecular formula is C14H14BrN3O2S. The molecule has 0 unspecified atom stereocenters. The molecule has 0 bridgehead atoms. The average molecular weight is 368 g/mol. The molecule has 1 N–H and O–H groups in total. The fraction of sp³-hybridized carbons (Fsp3) is 0.214. The quantitative estimate of drug-likeness (QED) is 0.652. The first-order valence-electron chi connectivity index (χ1n) is 6.15. The van der Waals surface area contributed by atoms with Crippen LogP contribution in [0, 0.1) is 6.92 Å². The standard InChI is InChI=1S/C14H14BrN3O2S/c1-9-17-11(8-21-9)6-14(19)18-16-7-10-3-4-13(20-2)12(15)5-10/h3-5,7-8H,6H2,1-2H3,(H,18,19)/b16-7-. The number of hydrogen-bond acceptors (Lipinski definition) is 5. The van der Waals surface area contributed by atoms with E-state index in [9.17, 15) is 4.79 Å². The van der Waals surface area contributed by atoms with Crippen molar-refractivity contribution in [3.8, 4) is 5.75 Å². The van der Waals surface area contributed by atoms with E-state index in [1.807, 2.05) is 30.5 Å². The summed E-state index contributed by atoms with van der Waals surface area (Å²) in [4.78, 5) is 15.9. The largest absolute Gasteiger partial charge is 0.496 e. The normalized spacial score (nSPS) is 10.8. The fourth-order valence-electron chi connectivity index (χ4n) is 1.64. The number of aryl methyl sites for hydroxylation is 1. The fourth-order valence-corrected chi connectivity index (χ4v) is 2.81. The van der Waals surface area contributed by atoms with Crippen molar-refractivity contribution in [3.63, 3.8) is 0 Å². The first-order chi connectivity index (χ1) is 10.1. The molecule has 21 heavy (non-hydrogen) atoms. The second-order valence-electron chi connectivity index (χ2n) is 4.22. The van der Waals surface area contributed by atoms with Gasteiger partial charge in [-0.1, -0.05) is 0 Å².